The average molecular weight is 485 g/mol. The van der Waals surface area contributed by atoms with E-state index < -0.39 is 30.1 Å². The highest BCUT2D eigenvalue weighted by atomic mass is 16.5. The number of ether oxygens (including phenoxy) is 1. The summed E-state index contributed by atoms with van der Waals surface area (Å²) in [5.74, 6) is -1.84. The summed E-state index contributed by atoms with van der Waals surface area (Å²) < 4.78 is 7.78. The number of carbonyl (C=O) groups excluding carboxylic acids is 2. The minimum absolute atomic E-state index is 0.0814. The van der Waals surface area contributed by atoms with Gasteiger partial charge in [-0.25, -0.2) is 9.48 Å². The Morgan fingerprint density at radius 1 is 1.26 bits per heavy atom. The van der Waals surface area contributed by atoms with Gasteiger partial charge in [0.15, 0.2) is 0 Å². The molecule has 1 aromatic carbocycles. The van der Waals surface area contributed by atoms with E-state index in [1.54, 1.807) is 41.2 Å². The summed E-state index contributed by atoms with van der Waals surface area (Å²) in [5, 5.41) is 24.2. The van der Waals surface area contributed by atoms with Gasteiger partial charge in [0.1, 0.15) is 5.69 Å². The van der Waals surface area contributed by atoms with Gasteiger partial charge < -0.3 is 26.2 Å². The Balaban J connectivity index is 1.86. The number of carbonyl (C=O) groups is 3. The molecule has 3 atom stereocenters. The van der Waals surface area contributed by atoms with E-state index in [1.807, 2.05) is 13.8 Å². The molecule has 11 heteroatoms. The Hall–Kier alpha value is -3.73. The van der Waals surface area contributed by atoms with Crippen molar-refractivity contribution in [2.75, 3.05) is 5.32 Å². The molecule has 0 aliphatic heterocycles. The lowest BCUT2D eigenvalue weighted by atomic mass is 9.87. The van der Waals surface area contributed by atoms with Crippen LogP contribution < -0.4 is 16.4 Å². The standard InChI is InChI=1S/C24H32N6O5/c1-4-17(5-2)35-21-11-15(24(33)34)10-20(22(21)27-14(3)31)30-13-16(28-29-30)12-26-19-9-7-6-8-18(19)23(25)32/h6-9,11,13,17,20-22,26H,4-5,10,12H2,1-3H3,(H2,25,32)(H,27,31)(H,33,34)/t20-,21+,22+/m0/s1. The number of nitrogens with zero attached hydrogens (tertiary/aromatic N) is 3. The van der Waals surface area contributed by atoms with Crippen molar-refractivity contribution < 1.29 is 24.2 Å². The zero-order chi connectivity index (χ0) is 25.5. The molecule has 0 spiro atoms. The number of nitrogens with two attached hydrogens (primary N) is 1. The first-order valence-corrected chi connectivity index (χ1v) is 11.6. The fourth-order valence-electron chi connectivity index (χ4n) is 4.19. The molecule has 0 unspecified atom stereocenters. The molecule has 1 heterocycles. The molecule has 0 saturated heterocycles. The van der Waals surface area contributed by atoms with Crippen molar-refractivity contribution in [3.8, 4) is 0 Å². The number of hydrogen-bond donors (Lipinski definition) is 4. The van der Waals surface area contributed by atoms with Crippen molar-refractivity contribution in [2.24, 2.45) is 5.73 Å². The maximum Gasteiger partial charge on any atom is 0.331 e. The first kappa shape index (κ1) is 25.9. The number of primary amides is 1. The molecule has 11 nitrogen and oxygen atoms in total. The number of nitrogens with one attached hydrogen (secondary N) is 2. The molecular weight excluding hydrogens is 452 g/mol. The Bertz CT molecular complexity index is 1090. The average Bonchev–Trinajstić information content (AvgIpc) is 3.30. The van der Waals surface area contributed by atoms with E-state index in [1.165, 1.54) is 6.92 Å². The van der Waals surface area contributed by atoms with Gasteiger partial charge in [-0.05, 0) is 31.1 Å². The van der Waals surface area contributed by atoms with Crippen LogP contribution in [0.3, 0.4) is 0 Å². The maximum absolute atomic E-state index is 12.0. The van der Waals surface area contributed by atoms with Crippen LogP contribution in [0.25, 0.3) is 0 Å². The summed E-state index contributed by atoms with van der Waals surface area (Å²) in [7, 11) is 0. The summed E-state index contributed by atoms with van der Waals surface area (Å²) in [6.07, 6.45) is 4.21. The van der Waals surface area contributed by atoms with Crippen LogP contribution in [0.4, 0.5) is 5.69 Å². The molecule has 188 valence electrons. The van der Waals surface area contributed by atoms with E-state index in [0.29, 0.717) is 16.9 Å². The van der Waals surface area contributed by atoms with Crippen LogP contribution in [0, 0.1) is 0 Å². The van der Waals surface area contributed by atoms with Crippen LogP contribution >= 0.6 is 0 Å². The summed E-state index contributed by atoms with van der Waals surface area (Å²) in [4.78, 5) is 35.6. The van der Waals surface area contributed by atoms with E-state index in [-0.39, 0.29) is 30.5 Å². The van der Waals surface area contributed by atoms with Gasteiger partial charge in [0.05, 0.1) is 42.6 Å². The summed E-state index contributed by atoms with van der Waals surface area (Å²) in [6, 6.07) is 5.82. The molecule has 1 aliphatic rings. The van der Waals surface area contributed by atoms with Crippen molar-refractivity contribution in [3.05, 3.63) is 53.4 Å². The molecule has 0 fully saturated rings. The molecule has 35 heavy (non-hydrogen) atoms. The largest absolute Gasteiger partial charge is 0.478 e. The SMILES string of the molecule is CCC(CC)O[C@@H]1C=C(C(=O)O)C[C@H](n2cc(CNc3ccccc3C(N)=O)nn2)[C@H]1NC(C)=O. The number of anilines is 1. The topological polar surface area (TPSA) is 161 Å². The quantitative estimate of drug-likeness (QED) is 0.377. The molecule has 1 aliphatic carbocycles. The van der Waals surface area contributed by atoms with Crippen molar-refractivity contribution in [2.45, 2.75) is 70.9 Å². The second-order valence-electron chi connectivity index (χ2n) is 8.49. The molecule has 0 radical (unpaired) electrons. The summed E-state index contributed by atoms with van der Waals surface area (Å²) in [5.41, 5.74) is 7.12. The smallest absolute Gasteiger partial charge is 0.331 e. The van der Waals surface area contributed by atoms with Crippen LogP contribution in [0.5, 0.6) is 0 Å². The van der Waals surface area contributed by atoms with Crippen LogP contribution in [0.1, 0.15) is 62.1 Å². The number of carboxylic acid groups (broad SMARTS) is 1. The lowest BCUT2D eigenvalue weighted by molar-refractivity contribution is -0.133. The first-order valence-electron chi connectivity index (χ1n) is 11.6. The Labute approximate surface area is 203 Å². The predicted octanol–water partition coefficient (Wildman–Crippen LogP) is 2.02. The number of aromatic nitrogens is 3. The van der Waals surface area contributed by atoms with E-state index in [2.05, 4.69) is 20.9 Å². The highest BCUT2D eigenvalue weighted by molar-refractivity contribution is 5.98. The van der Waals surface area contributed by atoms with Crippen LogP contribution in [0.2, 0.25) is 0 Å². The molecule has 1 aromatic heterocycles. The minimum atomic E-state index is -1.04. The van der Waals surface area contributed by atoms with Crippen molar-refractivity contribution >= 4 is 23.5 Å². The highest BCUT2D eigenvalue weighted by Crippen LogP contribution is 2.32. The fourth-order valence-corrected chi connectivity index (χ4v) is 4.19. The molecule has 0 bridgehead atoms. The Kier molecular flexibility index (Phi) is 8.58. The van der Waals surface area contributed by atoms with Crippen molar-refractivity contribution in [1.29, 1.82) is 0 Å². The lowest BCUT2D eigenvalue weighted by Crippen LogP contribution is -2.52. The van der Waals surface area contributed by atoms with Gasteiger partial charge in [-0.15, -0.1) is 5.10 Å². The number of carboxylic acids is 1. The van der Waals surface area contributed by atoms with Gasteiger partial charge in [0.2, 0.25) is 5.91 Å². The van der Waals surface area contributed by atoms with E-state index in [0.717, 1.165) is 12.8 Å². The van der Waals surface area contributed by atoms with Gasteiger partial charge in [0, 0.05) is 24.6 Å². The number of hydrogen-bond acceptors (Lipinski definition) is 7. The fraction of sp³-hybridized carbons (Fsp3) is 0.458. The molecule has 3 rings (SSSR count). The Morgan fingerprint density at radius 2 is 1.97 bits per heavy atom. The zero-order valence-electron chi connectivity index (χ0n) is 20.1. The molecule has 0 saturated carbocycles. The van der Waals surface area contributed by atoms with Crippen LogP contribution in [-0.4, -0.2) is 56.1 Å². The zero-order valence-corrected chi connectivity index (χ0v) is 20.1. The van der Waals surface area contributed by atoms with Gasteiger partial charge >= 0.3 is 5.97 Å². The highest BCUT2D eigenvalue weighted by Gasteiger charge is 2.39. The second kappa shape index (κ2) is 11.6. The molecular formula is C24H32N6O5. The predicted molar refractivity (Wildman–Crippen MR) is 129 cm³/mol. The first-order chi connectivity index (χ1) is 16.7. The number of aliphatic carboxylic acids is 1. The van der Waals surface area contributed by atoms with E-state index in [4.69, 9.17) is 10.5 Å². The molecule has 2 amide bonds. The maximum atomic E-state index is 12.0. The number of benzene rings is 1. The van der Waals surface area contributed by atoms with Gasteiger partial charge in [0.25, 0.3) is 5.91 Å². The van der Waals surface area contributed by atoms with Gasteiger partial charge in [-0.2, -0.15) is 0 Å². The van der Waals surface area contributed by atoms with Crippen molar-refractivity contribution in [3.63, 3.8) is 0 Å². The Morgan fingerprint density at radius 3 is 2.60 bits per heavy atom. The third-order valence-corrected chi connectivity index (χ3v) is 6.02. The third-order valence-electron chi connectivity index (χ3n) is 6.02. The monoisotopic (exact) mass is 484 g/mol. The molecule has 2 aromatic rings. The summed E-state index contributed by atoms with van der Waals surface area (Å²) >= 11 is 0. The van der Waals surface area contributed by atoms with Gasteiger partial charge in [-0.1, -0.05) is 31.2 Å². The number of amides is 2. The minimum Gasteiger partial charge on any atom is -0.478 e. The lowest BCUT2D eigenvalue weighted by Gasteiger charge is -2.37. The van der Waals surface area contributed by atoms with Gasteiger partial charge in [-0.3, -0.25) is 9.59 Å². The van der Waals surface area contributed by atoms with E-state index >= 15 is 0 Å². The summed E-state index contributed by atoms with van der Waals surface area (Å²) in [6.45, 7) is 5.67. The van der Waals surface area contributed by atoms with Crippen LogP contribution in [-0.2, 0) is 20.9 Å². The normalized spacial score (nSPS) is 19.8. The third kappa shape index (κ3) is 6.44. The van der Waals surface area contributed by atoms with Crippen molar-refractivity contribution in [1.82, 2.24) is 20.3 Å². The number of rotatable bonds is 11. The molecule has 5 N–H and O–H groups in total. The van der Waals surface area contributed by atoms with Crippen LogP contribution in [0.15, 0.2) is 42.1 Å². The van der Waals surface area contributed by atoms with E-state index in [9.17, 15) is 19.5 Å². The second-order valence-corrected chi connectivity index (χ2v) is 8.49. The number of para-hydroxylation sites is 1.